The number of unbranched alkanes of at least 4 members (excludes halogenated alkanes) is 7. The maximum atomic E-state index is 12.1. The van der Waals surface area contributed by atoms with Crippen LogP contribution in [0, 0.1) is 5.92 Å². The summed E-state index contributed by atoms with van der Waals surface area (Å²) in [6, 6.07) is 9.74. The number of esters is 1. The van der Waals surface area contributed by atoms with E-state index in [4.69, 9.17) is 4.74 Å². The third-order valence-electron chi connectivity index (χ3n) is 5.03. The van der Waals surface area contributed by atoms with Crippen LogP contribution in [0.1, 0.15) is 77.7 Å². The molecule has 1 N–H and O–H groups in total. The summed E-state index contributed by atoms with van der Waals surface area (Å²) in [6.45, 7) is 5.85. The lowest BCUT2D eigenvalue weighted by Crippen LogP contribution is -2.16. The van der Waals surface area contributed by atoms with Crippen LogP contribution in [0.5, 0.6) is 11.5 Å². The van der Waals surface area contributed by atoms with Crippen molar-refractivity contribution in [3.05, 3.63) is 35.9 Å². The van der Waals surface area contributed by atoms with E-state index in [1.165, 1.54) is 38.5 Å². The molecule has 0 aliphatic carbocycles. The zero-order valence-corrected chi connectivity index (χ0v) is 17.1. The first-order valence-corrected chi connectivity index (χ1v) is 10.5. The predicted molar refractivity (Wildman–Crippen MR) is 112 cm³/mol. The number of aromatic hydroxyl groups is 1. The van der Waals surface area contributed by atoms with E-state index < -0.39 is 0 Å². The van der Waals surface area contributed by atoms with Crippen molar-refractivity contribution < 1.29 is 14.6 Å². The van der Waals surface area contributed by atoms with Gasteiger partial charge in [-0.25, -0.2) is 0 Å². The fourth-order valence-corrected chi connectivity index (χ4v) is 3.33. The van der Waals surface area contributed by atoms with Gasteiger partial charge in [-0.3, -0.25) is 4.79 Å². The van der Waals surface area contributed by atoms with Crippen molar-refractivity contribution in [2.45, 2.75) is 78.6 Å². The molecule has 0 bridgehead atoms. The third kappa shape index (κ3) is 6.27. The van der Waals surface area contributed by atoms with Crippen molar-refractivity contribution in [3.63, 3.8) is 0 Å². The normalized spacial score (nSPS) is 11.3. The number of carbonyl (C=O) groups excluding carboxylic acids is 1. The molecule has 3 nitrogen and oxygen atoms in total. The zero-order valence-electron chi connectivity index (χ0n) is 17.1. The molecular weight excluding hydrogens is 336 g/mol. The molecule has 0 radical (unpaired) electrons. The number of carbonyl (C=O) groups is 1. The molecule has 148 valence electrons. The SMILES string of the molecule is CCCCCCCCCCc1cc2ccccc2c(O)c1OC(=O)C(C)C. The van der Waals surface area contributed by atoms with Gasteiger partial charge in [0.1, 0.15) is 0 Å². The van der Waals surface area contributed by atoms with Gasteiger partial charge < -0.3 is 9.84 Å². The number of benzene rings is 2. The smallest absolute Gasteiger partial charge is 0.313 e. The predicted octanol–water partition coefficient (Wildman–Crippen LogP) is 6.79. The minimum atomic E-state index is -0.308. The van der Waals surface area contributed by atoms with Crippen molar-refractivity contribution in [3.8, 4) is 11.5 Å². The van der Waals surface area contributed by atoms with Crippen molar-refractivity contribution in [1.29, 1.82) is 0 Å². The van der Waals surface area contributed by atoms with Gasteiger partial charge in [0.05, 0.1) is 5.92 Å². The molecule has 0 unspecified atom stereocenters. The molecule has 0 fully saturated rings. The third-order valence-corrected chi connectivity index (χ3v) is 5.03. The van der Waals surface area contributed by atoms with Crippen LogP contribution in [0.15, 0.2) is 30.3 Å². The summed E-state index contributed by atoms with van der Waals surface area (Å²) in [4.78, 5) is 12.1. The number of hydrogen-bond acceptors (Lipinski definition) is 3. The number of hydrogen-bond donors (Lipinski definition) is 1. The average molecular weight is 371 g/mol. The Hall–Kier alpha value is -2.03. The molecule has 0 saturated carbocycles. The Balaban J connectivity index is 2.05. The summed E-state index contributed by atoms with van der Waals surface area (Å²) in [5.74, 6) is -0.114. The van der Waals surface area contributed by atoms with Crippen molar-refractivity contribution >= 4 is 16.7 Å². The maximum absolute atomic E-state index is 12.1. The first-order chi connectivity index (χ1) is 13.0. The number of phenols is 1. The number of aryl methyl sites for hydroxylation is 1. The Labute approximate surface area is 163 Å². The van der Waals surface area contributed by atoms with Crippen LogP contribution in [0.2, 0.25) is 0 Å². The van der Waals surface area contributed by atoms with Crippen molar-refractivity contribution in [2.75, 3.05) is 0 Å². The van der Waals surface area contributed by atoms with Crippen LogP contribution in [0.3, 0.4) is 0 Å². The Morgan fingerprint density at radius 1 is 1.00 bits per heavy atom. The lowest BCUT2D eigenvalue weighted by Gasteiger charge is -2.15. The quantitative estimate of drug-likeness (QED) is 0.269. The molecule has 2 aromatic rings. The molecule has 0 atom stereocenters. The molecule has 0 aliphatic heterocycles. The van der Waals surface area contributed by atoms with Gasteiger partial charge in [0.25, 0.3) is 0 Å². The van der Waals surface area contributed by atoms with E-state index in [1.807, 2.05) is 24.3 Å². The van der Waals surface area contributed by atoms with E-state index in [1.54, 1.807) is 13.8 Å². The van der Waals surface area contributed by atoms with Gasteiger partial charge in [0.2, 0.25) is 0 Å². The summed E-state index contributed by atoms with van der Waals surface area (Å²) in [7, 11) is 0. The molecule has 0 amide bonds. The second-order valence-corrected chi connectivity index (χ2v) is 7.74. The summed E-state index contributed by atoms with van der Waals surface area (Å²) >= 11 is 0. The van der Waals surface area contributed by atoms with Gasteiger partial charge in [-0.15, -0.1) is 0 Å². The van der Waals surface area contributed by atoms with Crippen LogP contribution in [-0.2, 0) is 11.2 Å². The van der Waals surface area contributed by atoms with Crippen molar-refractivity contribution in [2.24, 2.45) is 5.92 Å². The van der Waals surface area contributed by atoms with E-state index in [-0.39, 0.29) is 17.6 Å². The summed E-state index contributed by atoms with van der Waals surface area (Å²) in [5, 5.41) is 12.4. The molecule has 0 saturated heterocycles. The fraction of sp³-hybridized carbons (Fsp3) is 0.542. The van der Waals surface area contributed by atoms with Crippen LogP contribution >= 0.6 is 0 Å². The minimum absolute atomic E-state index is 0.0802. The van der Waals surface area contributed by atoms with Gasteiger partial charge in [0.15, 0.2) is 11.5 Å². The molecule has 3 heteroatoms. The molecule has 0 aliphatic rings. The number of rotatable bonds is 11. The van der Waals surface area contributed by atoms with Crippen LogP contribution in [0.4, 0.5) is 0 Å². The Kier molecular flexibility index (Phi) is 8.63. The molecule has 27 heavy (non-hydrogen) atoms. The fourth-order valence-electron chi connectivity index (χ4n) is 3.33. The molecule has 0 aromatic heterocycles. The van der Waals surface area contributed by atoms with Gasteiger partial charge in [-0.2, -0.15) is 0 Å². The number of ether oxygens (including phenoxy) is 1. The zero-order chi connectivity index (χ0) is 19.6. The van der Waals surface area contributed by atoms with E-state index >= 15 is 0 Å². The number of phenolic OH excluding ortho intramolecular Hbond substituents is 1. The maximum Gasteiger partial charge on any atom is 0.313 e. The number of fused-ring (bicyclic) bond motifs is 1. The highest BCUT2D eigenvalue weighted by molar-refractivity contribution is 5.92. The van der Waals surface area contributed by atoms with E-state index in [0.29, 0.717) is 5.75 Å². The summed E-state index contributed by atoms with van der Waals surface area (Å²) in [5.41, 5.74) is 0.922. The van der Waals surface area contributed by atoms with Crippen LogP contribution < -0.4 is 4.74 Å². The highest BCUT2D eigenvalue weighted by Crippen LogP contribution is 2.39. The van der Waals surface area contributed by atoms with Crippen molar-refractivity contribution in [1.82, 2.24) is 0 Å². The molecule has 2 rings (SSSR count). The van der Waals surface area contributed by atoms with Crippen LogP contribution in [0.25, 0.3) is 10.8 Å². The highest BCUT2D eigenvalue weighted by atomic mass is 16.5. The molecule has 0 heterocycles. The average Bonchev–Trinajstić information content (AvgIpc) is 2.66. The summed E-state index contributed by atoms with van der Waals surface area (Å²) in [6.07, 6.45) is 10.8. The Morgan fingerprint density at radius 2 is 1.63 bits per heavy atom. The molecular formula is C24H34O3. The Bertz CT molecular complexity index is 734. The van der Waals surface area contributed by atoms with Gasteiger partial charge in [0, 0.05) is 5.39 Å². The minimum Gasteiger partial charge on any atom is -0.504 e. The largest absolute Gasteiger partial charge is 0.504 e. The highest BCUT2D eigenvalue weighted by Gasteiger charge is 2.19. The molecule has 0 spiro atoms. The van der Waals surface area contributed by atoms with E-state index in [0.717, 1.165) is 35.6 Å². The monoisotopic (exact) mass is 370 g/mol. The first kappa shape index (κ1) is 21.3. The van der Waals surface area contributed by atoms with Gasteiger partial charge in [-0.05, 0) is 29.9 Å². The van der Waals surface area contributed by atoms with E-state index in [2.05, 4.69) is 13.0 Å². The standard InChI is InChI=1S/C24H34O3/c1-4-5-6-7-8-9-10-11-15-20-17-19-14-12-13-16-21(19)22(25)23(20)27-24(26)18(2)3/h12-14,16-18,25H,4-11,15H2,1-3H3. The first-order valence-electron chi connectivity index (χ1n) is 10.5. The van der Waals surface area contributed by atoms with Gasteiger partial charge >= 0.3 is 5.97 Å². The summed E-state index contributed by atoms with van der Waals surface area (Å²) < 4.78 is 5.58. The van der Waals surface area contributed by atoms with E-state index in [9.17, 15) is 9.90 Å². The lowest BCUT2D eigenvalue weighted by molar-refractivity contribution is -0.137. The molecule has 2 aromatic carbocycles. The second-order valence-electron chi connectivity index (χ2n) is 7.74. The second kappa shape index (κ2) is 11.0. The Morgan fingerprint density at radius 3 is 2.30 bits per heavy atom. The lowest BCUT2D eigenvalue weighted by atomic mass is 9.99. The van der Waals surface area contributed by atoms with Gasteiger partial charge in [-0.1, -0.05) is 90.0 Å². The topological polar surface area (TPSA) is 46.5 Å². The van der Waals surface area contributed by atoms with Crippen LogP contribution in [-0.4, -0.2) is 11.1 Å².